The van der Waals surface area contributed by atoms with E-state index in [9.17, 15) is 5.11 Å². The Morgan fingerprint density at radius 2 is 1.57 bits per heavy atom. The van der Waals surface area contributed by atoms with Gasteiger partial charge in [-0.15, -0.1) is 0 Å². The molecule has 3 nitrogen and oxygen atoms in total. The maximum absolute atomic E-state index is 9.55. The quantitative estimate of drug-likeness (QED) is 0.608. The predicted molar refractivity (Wildman–Crippen MR) is 87.1 cm³/mol. The van der Waals surface area contributed by atoms with Crippen molar-refractivity contribution in [1.82, 2.24) is 0 Å². The second-order valence-electron chi connectivity index (χ2n) is 5.14. The van der Waals surface area contributed by atoms with Gasteiger partial charge >= 0.3 is 0 Å². The first-order chi connectivity index (χ1) is 10.2. The molecule has 0 unspecified atom stereocenters. The molecule has 1 heterocycles. The highest BCUT2D eigenvalue weighted by molar-refractivity contribution is 6.32. The van der Waals surface area contributed by atoms with Crippen LogP contribution in [-0.2, 0) is 0 Å². The summed E-state index contributed by atoms with van der Waals surface area (Å²) in [7, 11) is 0. The van der Waals surface area contributed by atoms with E-state index in [1.807, 2.05) is 18.2 Å². The predicted octanol–water partition coefficient (Wildman–Crippen LogP) is 4.74. The number of aromatic hydroxyl groups is 1. The molecule has 0 spiro atoms. The van der Waals surface area contributed by atoms with Gasteiger partial charge in [-0.25, -0.2) is 0 Å². The van der Waals surface area contributed by atoms with Crippen LogP contribution in [0, 0.1) is 0 Å². The molecular weight excluding hydrogens is 284 g/mol. The number of benzene rings is 3. The van der Waals surface area contributed by atoms with Crippen LogP contribution in [0.1, 0.15) is 11.7 Å². The number of phenols is 1. The van der Waals surface area contributed by atoms with E-state index < -0.39 is 0 Å². The van der Waals surface area contributed by atoms with Crippen LogP contribution in [0.25, 0.3) is 10.8 Å². The van der Waals surface area contributed by atoms with E-state index in [2.05, 4.69) is 34.9 Å². The second-order valence-corrected chi connectivity index (χ2v) is 5.55. The summed E-state index contributed by atoms with van der Waals surface area (Å²) in [5.74, 6) is 0.0960. The molecule has 104 valence electrons. The smallest absolute Gasteiger partial charge is 0.134 e. The third-order valence-electron chi connectivity index (χ3n) is 3.81. The number of phenolic OH excluding ortho intramolecular Hbond substituents is 1. The van der Waals surface area contributed by atoms with Gasteiger partial charge in [-0.2, -0.15) is 0 Å². The van der Waals surface area contributed by atoms with Crippen LogP contribution in [-0.4, -0.2) is 5.11 Å². The van der Waals surface area contributed by atoms with Gasteiger partial charge in [-0.05, 0) is 35.2 Å². The monoisotopic (exact) mass is 296 g/mol. The molecule has 21 heavy (non-hydrogen) atoms. The summed E-state index contributed by atoms with van der Waals surface area (Å²) in [5.41, 5.74) is 3.16. The first kappa shape index (κ1) is 12.4. The summed E-state index contributed by atoms with van der Waals surface area (Å²) >= 11 is 6.01. The number of hydrogen-bond donors (Lipinski definition) is 3. The molecule has 1 aliphatic rings. The van der Waals surface area contributed by atoms with Crippen molar-refractivity contribution in [2.75, 3.05) is 10.6 Å². The van der Waals surface area contributed by atoms with Crippen LogP contribution in [0.4, 0.5) is 11.4 Å². The van der Waals surface area contributed by atoms with Crippen molar-refractivity contribution in [3.63, 3.8) is 0 Å². The summed E-state index contributed by atoms with van der Waals surface area (Å²) in [4.78, 5) is 0. The average Bonchev–Trinajstić information content (AvgIpc) is 2.50. The first-order valence-electron chi connectivity index (χ1n) is 6.75. The normalized spacial score (nSPS) is 13.8. The summed E-state index contributed by atoms with van der Waals surface area (Å²) < 4.78 is 0. The molecule has 1 aliphatic heterocycles. The SMILES string of the molecule is Oc1ccc(C2Nc3cccc4cccc(c34)N2)cc1Cl. The zero-order valence-electron chi connectivity index (χ0n) is 11.1. The lowest BCUT2D eigenvalue weighted by Crippen LogP contribution is -2.23. The Kier molecular flexibility index (Phi) is 2.69. The fraction of sp³-hybridized carbons (Fsp3) is 0.0588. The van der Waals surface area contributed by atoms with Gasteiger partial charge in [0.05, 0.1) is 5.02 Å². The first-order valence-corrected chi connectivity index (χ1v) is 7.13. The van der Waals surface area contributed by atoms with Gasteiger partial charge in [0.1, 0.15) is 11.9 Å². The molecule has 3 aromatic carbocycles. The molecule has 0 saturated carbocycles. The molecule has 0 aliphatic carbocycles. The second kappa shape index (κ2) is 4.57. The Morgan fingerprint density at radius 3 is 2.19 bits per heavy atom. The topological polar surface area (TPSA) is 44.3 Å². The highest BCUT2D eigenvalue weighted by Crippen LogP contribution is 2.39. The van der Waals surface area contributed by atoms with E-state index in [0.717, 1.165) is 16.9 Å². The minimum atomic E-state index is -0.0800. The maximum atomic E-state index is 9.55. The molecule has 0 saturated heterocycles. The third kappa shape index (κ3) is 1.98. The highest BCUT2D eigenvalue weighted by atomic mass is 35.5. The van der Waals surface area contributed by atoms with Crippen molar-refractivity contribution in [2.24, 2.45) is 0 Å². The van der Waals surface area contributed by atoms with E-state index in [4.69, 9.17) is 11.6 Å². The number of hydrogen-bond acceptors (Lipinski definition) is 3. The Bertz CT molecular complexity index is 807. The van der Waals surface area contributed by atoms with Crippen LogP contribution < -0.4 is 10.6 Å². The van der Waals surface area contributed by atoms with Crippen molar-refractivity contribution >= 4 is 33.7 Å². The zero-order valence-corrected chi connectivity index (χ0v) is 11.9. The fourth-order valence-electron chi connectivity index (χ4n) is 2.80. The lowest BCUT2D eigenvalue weighted by atomic mass is 10.0. The van der Waals surface area contributed by atoms with Gasteiger partial charge in [-0.3, -0.25) is 0 Å². The Hall–Kier alpha value is -2.39. The van der Waals surface area contributed by atoms with Crippen LogP contribution >= 0.6 is 11.6 Å². The lowest BCUT2D eigenvalue weighted by Gasteiger charge is -2.30. The van der Waals surface area contributed by atoms with Gasteiger partial charge in [-0.1, -0.05) is 41.9 Å². The molecule has 0 bridgehead atoms. The van der Waals surface area contributed by atoms with E-state index in [0.29, 0.717) is 5.02 Å². The minimum Gasteiger partial charge on any atom is -0.506 e. The summed E-state index contributed by atoms with van der Waals surface area (Å²) in [6.45, 7) is 0. The average molecular weight is 297 g/mol. The molecule has 3 aromatic rings. The van der Waals surface area contributed by atoms with Crippen molar-refractivity contribution in [2.45, 2.75) is 6.17 Å². The van der Waals surface area contributed by atoms with E-state index >= 15 is 0 Å². The maximum Gasteiger partial charge on any atom is 0.134 e. The molecule has 3 N–H and O–H groups in total. The molecule has 4 heteroatoms. The van der Waals surface area contributed by atoms with Crippen LogP contribution in [0.2, 0.25) is 5.02 Å². The summed E-state index contributed by atoms with van der Waals surface area (Å²) in [5, 5.41) is 19.2. The molecule has 0 radical (unpaired) electrons. The van der Waals surface area contributed by atoms with Gasteiger partial charge < -0.3 is 15.7 Å². The van der Waals surface area contributed by atoms with Gasteiger partial charge in [0.25, 0.3) is 0 Å². The van der Waals surface area contributed by atoms with Crippen molar-refractivity contribution < 1.29 is 5.11 Å². The third-order valence-corrected chi connectivity index (χ3v) is 4.11. The standard InChI is InChI=1S/C17H13ClN2O/c18-12-9-11(7-8-15(12)21)17-19-13-5-1-3-10-4-2-6-14(20-17)16(10)13/h1-9,17,19-21H. The Balaban J connectivity index is 1.81. The molecular formula is C17H13ClN2O. The van der Waals surface area contributed by atoms with Gasteiger partial charge in [0.2, 0.25) is 0 Å². The number of nitrogens with one attached hydrogen (secondary N) is 2. The summed E-state index contributed by atoms with van der Waals surface area (Å²) in [6.07, 6.45) is -0.0800. The molecule has 0 amide bonds. The van der Waals surface area contributed by atoms with E-state index in [1.165, 1.54) is 10.8 Å². The number of anilines is 2. The number of halogens is 1. The van der Waals surface area contributed by atoms with Gasteiger partial charge in [0.15, 0.2) is 0 Å². The van der Waals surface area contributed by atoms with Crippen LogP contribution in [0.5, 0.6) is 5.75 Å². The van der Waals surface area contributed by atoms with Crippen molar-refractivity contribution in [3.05, 3.63) is 65.2 Å². The zero-order chi connectivity index (χ0) is 14.4. The van der Waals surface area contributed by atoms with E-state index in [1.54, 1.807) is 12.1 Å². The Morgan fingerprint density at radius 1 is 0.905 bits per heavy atom. The number of rotatable bonds is 1. The molecule has 4 rings (SSSR count). The lowest BCUT2D eigenvalue weighted by molar-refractivity contribution is 0.475. The molecule has 0 atom stereocenters. The van der Waals surface area contributed by atoms with Crippen LogP contribution in [0.3, 0.4) is 0 Å². The molecule has 0 fully saturated rings. The summed E-state index contributed by atoms with van der Waals surface area (Å²) in [6, 6.07) is 17.7. The fourth-order valence-corrected chi connectivity index (χ4v) is 2.99. The van der Waals surface area contributed by atoms with E-state index in [-0.39, 0.29) is 11.9 Å². The highest BCUT2D eigenvalue weighted by Gasteiger charge is 2.20. The van der Waals surface area contributed by atoms with Crippen molar-refractivity contribution in [3.8, 4) is 5.75 Å². The minimum absolute atomic E-state index is 0.0800. The van der Waals surface area contributed by atoms with Gasteiger partial charge in [0, 0.05) is 16.8 Å². The van der Waals surface area contributed by atoms with Crippen LogP contribution in [0.15, 0.2) is 54.6 Å². The Labute approximate surface area is 127 Å². The molecule has 0 aromatic heterocycles. The largest absolute Gasteiger partial charge is 0.506 e. The van der Waals surface area contributed by atoms with Crippen molar-refractivity contribution in [1.29, 1.82) is 0 Å².